The number of nitrogens with zero attached hydrogens (tertiary/aromatic N) is 2. The molecule has 158 valence electrons. The highest BCUT2D eigenvalue weighted by atomic mass is 19.1. The second kappa shape index (κ2) is 11.0. The maximum Gasteiger partial charge on any atom is 0.191 e. The van der Waals surface area contributed by atoms with E-state index in [4.69, 9.17) is 9.41 Å². The monoisotopic (exact) mass is 402 g/mol. The smallest absolute Gasteiger partial charge is 0.191 e. The van der Waals surface area contributed by atoms with E-state index in [-0.39, 0.29) is 18.2 Å². The minimum Gasteiger partial charge on any atom is -0.468 e. The molecule has 1 aliphatic heterocycles. The molecule has 1 aliphatic rings. The summed E-state index contributed by atoms with van der Waals surface area (Å²) in [5.41, 5.74) is 0.276. The van der Waals surface area contributed by atoms with Crippen LogP contribution in [0.5, 0.6) is 0 Å². The normalized spacial score (nSPS) is 17.7. The lowest BCUT2D eigenvalue weighted by atomic mass is 10.1. The average molecular weight is 403 g/mol. The van der Waals surface area contributed by atoms with E-state index in [1.165, 1.54) is 25.3 Å². The lowest BCUT2D eigenvalue weighted by molar-refractivity contribution is 0.150. The summed E-state index contributed by atoms with van der Waals surface area (Å²) >= 11 is 0. The topological polar surface area (TPSA) is 73.0 Å². The number of rotatable bonds is 8. The van der Waals surface area contributed by atoms with Gasteiger partial charge in [0.05, 0.1) is 25.0 Å². The number of likely N-dealkylation sites (tertiary alicyclic amines) is 1. The Labute approximate surface area is 171 Å². The van der Waals surface area contributed by atoms with Crippen LogP contribution in [0.1, 0.15) is 49.7 Å². The molecule has 6 nitrogen and oxygen atoms in total. The molecule has 0 bridgehead atoms. The van der Waals surface area contributed by atoms with Crippen LogP contribution in [-0.4, -0.2) is 48.7 Å². The van der Waals surface area contributed by atoms with Gasteiger partial charge in [0.15, 0.2) is 5.96 Å². The minimum absolute atomic E-state index is 0.0808. The summed E-state index contributed by atoms with van der Waals surface area (Å²) in [4.78, 5) is 7.14. The SMILES string of the molecule is CCNC(=NCC(c1ccco1)N1CCCCC1)NCC(O)c1ccccc1F. The van der Waals surface area contributed by atoms with Crippen molar-refractivity contribution in [1.29, 1.82) is 0 Å². The number of guanidine groups is 1. The number of aliphatic imine (C=N–C) groups is 1. The van der Waals surface area contributed by atoms with Crippen molar-refractivity contribution in [3.05, 3.63) is 59.8 Å². The Balaban J connectivity index is 1.65. The zero-order valence-corrected chi connectivity index (χ0v) is 17.0. The lowest BCUT2D eigenvalue weighted by Crippen LogP contribution is -2.41. The molecule has 1 aromatic heterocycles. The molecule has 1 aromatic carbocycles. The minimum atomic E-state index is -0.956. The van der Waals surface area contributed by atoms with E-state index >= 15 is 0 Å². The van der Waals surface area contributed by atoms with Gasteiger partial charge in [-0.2, -0.15) is 0 Å². The van der Waals surface area contributed by atoms with Crippen molar-refractivity contribution in [2.75, 3.05) is 32.7 Å². The second-order valence-corrected chi connectivity index (χ2v) is 7.27. The van der Waals surface area contributed by atoms with E-state index in [0.717, 1.165) is 18.8 Å². The van der Waals surface area contributed by atoms with Crippen LogP contribution in [0.15, 0.2) is 52.1 Å². The Morgan fingerprint density at radius 1 is 1.17 bits per heavy atom. The second-order valence-electron chi connectivity index (χ2n) is 7.27. The fourth-order valence-electron chi connectivity index (χ4n) is 3.66. The van der Waals surface area contributed by atoms with Crippen molar-refractivity contribution in [2.24, 2.45) is 4.99 Å². The Morgan fingerprint density at radius 2 is 1.97 bits per heavy atom. The van der Waals surface area contributed by atoms with Crippen LogP contribution >= 0.6 is 0 Å². The van der Waals surface area contributed by atoms with Gasteiger partial charge in [0, 0.05) is 18.7 Å². The molecule has 0 spiro atoms. The first kappa shape index (κ1) is 21.3. The van der Waals surface area contributed by atoms with Gasteiger partial charge in [0.1, 0.15) is 11.6 Å². The van der Waals surface area contributed by atoms with Gasteiger partial charge in [-0.25, -0.2) is 4.39 Å². The van der Waals surface area contributed by atoms with Gasteiger partial charge in [0.2, 0.25) is 0 Å². The molecule has 0 radical (unpaired) electrons. The summed E-state index contributed by atoms with van der Waals surface area (Å²) in [6, 6.07) is 10.3. The lowest BCUT2D eigenvalue weighted by Gasteiger charge is -2.32. The predicted molar refractivity (Wildman–Crippen MR) is 112 cm³/mol. The van der Waals surface area contributed by atoms with Crippen LogP contribution in [0.3, 0.4) is 0 Å². The Bertz CT molecular complexity index is 760. The van der Waals surface area contributed by atoms with Gasteiger partial charge in [-0.15, -0.1) is 0 Å². The van der Waals surface area contributed by atoms with Crippen molar-refractivity contribution in [3.63, 3.8) is 0 Å². The van der Waals surface area contributed by atoms with Gasteiger partial charge in [-0.1, -0.05) is 24.6 Å². The van der Waals surface area contributed by atoms with Gasteiger partial charge < -0.3 is 20.2 Å². The number of halogens is 1. The number of benzene rings is 1. The Hall–Kier alpha value is -2.38. The molecule has 29 heavy (non-hydrogen) atoms. The Morgan fingerprint density at radius 3 is 2.66 bits per heavy atom. The molecule has 0 saturated carbocycles. The number of piperidine rings is 1. The van der Waals surface area contributed by atoms with E-state index in [9.17, 15) is 9.50 Å². The summed E-state index contributed by atoms with van der Waals surface area (Å²) in [7, 11) is 0. The van der Waals surface area contributed by atoms with Crippen molar-refractivity contribution in [1.82, 2.24) is 15.5 Å². The zero-order chi connectivity index (χ0) is 20.5. The fraction of sp³-hybridized carbons (Fsp3) is 0.500. The summed E-state index contributed by atoms with van der Waals surface area (Å²) in [6.45, 7) is 5.46. The zero-order valence-electron chi connectivity index (χ0n) is 17.0. The highest BCUT2D eigenvalue weighted by molar-refractivity contribution is 5.79. The maximum atomic E-state index is 13.9. The van der Waals surface area contributed by atoms with Gasteiger partial charge in [-0.3, -0.25) is 9.89 Å². The van der Waals surface area contributed by atoms with Crippen LogP contribution in [0.2, 0.25) is 0 Å². The molecule has 2 atom stereocenters. The molecule has 0 aliphatic carbocycles. The van der Waals surface area contributed by atoms with Crippen LogP contribution in [0.25, 0.3) is 0 Å². The number of aliphatic hydroxyl groups excluding tert-OH is 1. The summed E-state index contributed by atoms with van der Waals surface area (Å²) in [5.74, 6) is 1.10. The quantitative estimate of drug-likeness (QED) is 0.467. The third-order valence-corrected chi connectivity index (χ3v) is 5.20. The van der Waals surface area contributed by atoms with E-state index in [1.54, 1.807) is 24.5 Å². The van der Waals surface area contributed by atoms with Crippen molar-refractivity contribution < 1.29 is 13.9 Å². The van der Waals surface area contributed by atoms with Crippen molar-refractivity contribution >= 4 is 5.96 Å². The molecule has 0 amide bonds. The van der Waals surface area contributed by atoms with E-state index in [1.807, 2.05) is 19.1 Å². The standard InChI is InChI=1S/C22H31FN4O2/c1-2-24-22(26-16-20(28)17-9-4-5-10-18(17)23)25-15-19(21-11-8-14-29-21)27-12-6-3-7-13-27/h4-5,8-11,14,19-20,28H,2-3,6-7,12-13,15-16H2,1H3,(H2,24,25,26). The molecule has 2 heterocycles. The van der Waals surface area contributed by atoms with E-state index in [2.05, 4.69) is 15.5 Å². The number of hydrogen-bond acceptors (Lipinski definition) is 4. The van der Waals surface area contributed by atoms with E-state index in [0.29, 0.717) is 19.0 Å². The fourth-order valence-corrected chi connectivity index (χ4v) is 3.66. The maximum absolute atomic E-state index is 13.9. The number of nitrogens with one attached hydrogen (secondary N) is 2. The molecule has 2 aromatic rings. The molecule has 3 rings (SSSR count). The van der Waals surface area contributed by atoms with Crippen LogP contribution in [0, 0.1) is 5.82 Å². The van der Waals surface area contributed by atoms with Crippen molar-refractivity contribution in [2.45, 2.75) is 38.3 Å². The number of aliphatic hydroxyl groups is 1. The predicted octanol–water partition coefficient (Wildman–Crippen LogP) is 3.23. The molecule has 7 heteroatoms. The summed E-state index contributed by atoms with van der Waals surface area (Å²) in [6.07, 6.45) is 4.39. The first-order valence-corrected chi connectivity index (χ1v) is 10.4. The average Bonchev–Trinajstić information content (AvgIpc) is 3.27. The van der Waals surface area contributed by atoms with E-state index < -0.39 is 11.9 Å². The molecular formula is C22H31FN4O2. The van der Waals surface area contributed by atoms with Crippen LogP contribution in [-0.2, 0) is 0 Å². The summed E-state index contributed by atoms with van der Waals surface area (Å²) < 4.78 is 19.6. The van der Waals surface area contributed by atoms with Crippen molar-refractivity contribution in [3.8, 4) is 0 Å². The highest BCUT2D eigenvalue weighted by Crippen LogP contribution is 2.25. The van der Waals surface area contributed by atoms with Crippen LogP contribution in [0.4, 0.5) is 4.39 Å². The Kier molecular flexibility index (Phi) is 8.07. The molecule has 1 saturated heterocycles. The first-order chi connectivity index (χ1) is 14.2. The molecule has 3 N–H and O–H groups in total. The molecule has 2 unspecified atom stereocenters. The van der Waals surface area contributed by atoms with Gasteiger partial charge in [0.25, 0.3) is 0 Å². The van der Waals surface area contributed by atoms with Crippen LogP contribution < -0.4 is 10.6 Å². The number of hydrogen-bond donors (Lipinski definition) is 3. The van der Waals surface area contributed by atoms with Gasteiger partial charge >= 0.3 is 0 Å². The molecular weight excluding hydrogens is 371 g/mol. The molecule has 1 fully saturated rings. The number of furan rings is 1. The third kappa shape index (κ3) is 6.05. The summed E-state index contributed by atoms with van der Waals surface area (Å²) in [5, 5.41) is 16.7. The largest absolute Gasteiger partial charge is 0.468 e. The third-order valence-electron chi connectivity index (χ3n) is 5.20. The highest BCUT2D eigenvalue weighted by Gasteiger charge is 2.24. The first-order valence-electron chi connectivity index (χ1n) is 10.4. The van der Waals surface area contributed by atoms with Gasteiger partial charge in [-0.05, 0) is 51.1 Å².